The van der Waals surface area contributed by atoms with Crippen LogP contribution in [0.5, 0.6) is 0 Å². The van der Waals surface area contributed by atoms with E-state index in [2.05, 4.69) is 40.7 Å². The van der Waals surface area contributed by atoms with Gasteiger partial charge < -0.3 is 9.47 Å². The minimum atomic E-state index is 0.919. The Hall–Kier alpha value is -2.36. The van der Waals surface area contributed by atoms with Crippen LogP contribution in [0.3, 0.4) is 0 Å². The number of pyridine rings is 1. The molecule has 20 heavy (non-hydrogen) atoms. The summed E-state index contributed by atoms with van der Waals surface area (Å²) in [5.74, 6) is 0.995. The van der Waals surface area contributed by atoms with Crippen LogP contribution < -0.4 is 4.90 Å². The standard InChI is InChI=1S/C16H18N4/c1-19(11-9-13-6-5-10-17-12-13)16-18-14-7-3-4-8-15(14)20(16)2/h3-8,10,12H,9,11H2,1-2H3. The third-order valence-corrected chi connectivity index (χ3v) is 3.56. The molecule has 0 atom stereocenters. The summed E-state index contributed by atoms with van der Waals surface area (Å²) in [4.78, 5) is 11.0. The molecule has 0 bridgehead atoms. The van der Waals surface area contributed by atoms with Gasteiger partial charge in [0.2, 0.25) is 5.95 Å². The van der Waals surface area contributed by atoms with Crippen molar-refractivity contribution >= 4 is 17.0 Å². The van der Waals surface area contributed by atoms with Gasteiger partial charge in [-0.05, 0) is 30.2 Å². The van der Waals surface area contributed by atoms with Crippen molar-refractivity contribution in [1.82, 2.24) is 14.5 Å². The second-order valence-corrected chi connectivity index (χ2v) is 4.99. The molecule has 0 aliphatic carbocycles. The number of hydrogen-bond donors (Lipinski definition) is 0. The number of likely N-dealkylation sites (N-methyl/N-ethyl adjacent to an activating group) is 1. The molecule has 4 nitrogen and oxygen atoms in total. The van der Waals surface area contributed by atoms with E-state index in [1.165, 1.54) is 5.56 Å². The van der Waals surface area contributed by atoms with Crippen molar-refractivity contribution in [2.75, 3.05) is 18.5 Å². The van der Waals surface area contributed by atoms with Crippen molar-refractivity contribution in [3.63, 3.8) is 0 Å². The van der Waals surface area contributed by atoms with E-state index in [1.54, 1.807) is 6.20 Å². The maximum Gasteiger partial charge on any atom is 0.206 e. The van der Waals surface area contributed by atoms with Crippen LogP contribution in [0.25, 0.3) is 11.0 Å². The van der Waals surface area contributed by atoms with Crippen LogP contribution in [0.15, 0.2) is 48.8 Å². The molecule has 0 aliphatic heterocycles. The Bertz CT molecular complexity index is 703. The summed E-state index contributed by atoms with van der Waals surface area (Å²) >= 11 is 0. The quantitative estimate of drug-likeness (QED) is 0.728. The first-order valence-electron chi connectivity index (χ1n) is 6.77. The van der Waals surface area contributed by atoms with E-state index in [0.29, 0.717) is 0 Å². The maximum atomic E-state index is 4.70. The summed E-state index contributed by atoms with van der Waals surface area (Å²) in [6, 6.07) is 12.3. The highest BCUT2D eigenvalue weighted by atomic mass is 15.3. The van der Waals surface area contributed by atoms with Crippen molar-refractivity contribution in [2.24, 2.45) is 7.05 Å². The summed E-state index contributed by atoms with van der Waals surface area (Å²) in [6.45, 7) is 0.919. The van der Waals surface area contributed by atoms with Crippen LogP contribution in [0.4, 0.5) is 5.95 Å². The fourth-order valence-electron chi connectivity index (χ4n) is 2.42. The molecule has 0 saturated carbocycles. The van der Waals surface area contributed by atoms with Gasteiger partial charge in [0.15, 0.2) is 0 Å². The second-order valence-electron chi connectivity index (χ2n) is 4.99. The number of anilines is 1. The lowest BCUT2D eigenvalue weighted by Crippen LogP contribution is -2.23. The molecule has 2 heterocycles. The third kappa shape index (κ3) is 2.37. The molecule has 4 heteroatoms. The second kappa shape index (κ2) is 5.33. The van der Waals surface area contributed by atoms with Crippen LogP contribution >= 0.6 is 0 Å². The van der Waals surface area contributed by atoms with Crippen LogP contribution in [0.2, 0.25) is 0 Å². The van der Waals surface area contributed by atoms with Gasteiger partial charge in [0, 0.05) is 33.0 Å². The first-order chi connectivity index (χ1) is 9.75. The van der Waals surface area contributed by atoms with Gasteiger partial charge in [-0.2, -0.15) is 0 Å². The van der Waals surface area contributed by atoms with Gasteiger partial charge in [-0.25, -0.2) is 4.98 Å². The molecule has 0 saturated heterocycles. The summed E-state index contributed by atoms with van der Waals surface area (Å²) in [6.07, 6.45) is 4.69. The Morgan fingerprint density at radius 1 is 1.15 bits per heavy atom. The maximum absolute atomic E-state index is 4.70. The molecule has 0 spiro atoms. The SMILES string of the molecule is CN(CCc1cccnc1)c1nc2ccccc2n1C. The summed E-state index contributed by atoms with van der Waals surface area (Å²) < 4.78 is 2.14. The predicted octanol–water partition coefficient (Wildman–Crippen LogP) is 2.65. The summed E-state index contributed by atoms with van der Waals surface area (Å²) in [5.41, 5.74) is 3.45. The minimum absolute atomic E-state index is 0.919. The molecule has 0 fully saturated rings. The first kappa shape index (κ1) is 12.7. The van der Waals surface area contributed by atoms with Crippen LogP contribution in [0.1, 0.15) is 5.56 Å². The van der Waals surface area contributed by atoms with Gasteiger partial charge >= 0.3 is 0 Å². The number of aromatic nitrogens is 3. The number of nitrogens with zero attached hydrogens (tertiary/aromatic N) is 4. The zero-order chi connectivity index (χ0) is 13.9. The number of rotatable bonds is 4. The molecule has 3 rings (SSSR count). The van der Waals surface area contributed by atoms with Gasteiger partial charge in [-0.1, -0.05) is 18.2 Å². The molecule has 3 aromatic rings. The number of imidazole rings is 1. The third-order valence-electron chi connectivity index (χ3n) is 3.56. The van der Waals surface area contributed by atoms with Crippen LogP contribution in [0, 0.1) is 0 Å². The minimum Gasteiger partial charge on any atom is -0.345 e. The Balaban J connectivity index is 1.79. The van der Waals surface area contributed by atoms with E-state index < -0.39 is 0 Å². The number of hydrogen-bond acceptors (Lipinski definition) is 3. The molecule has 0 radical (unpaired) electrons. The number of para-hydroxylation sites is 2. The van der Waals surface area contributed by atoms with E-state index in [9.17, 15) is 0 Å². The normalized spacial score (nSPS) is 10.9. The van der Waals surface area contributed by atoms with Crippen molar-refractivity contribution in [3.8, 4) is 0 Å². The van der Waals surface area contributed by atoms with Gasteiger partial charge in [0.1, 0.15) is 0 Å². The lowest BCUT2D eigenvalue weighted by molar-refractivity contribution is 0.800. The van der Waals surface area contributed by atoms with Gasteiger partial charge in [-0.15, -0.1) is 0 Å². The number of benzene rings is 1. The molecule has 102 valence electrons. The number of fused-ring (bicyclic) bond motifs is 1. The van der Waals surface area contributed by atoms with Crippen molar-refractivity contribution in [3.05, 3.63) is 54.4 Å². The highest BCUT2D eigenvalue weighted by Crippen LogP contribution is 2.20. The van der Waals surface area contributed by atoms with E-state index in [-0.39, 0.29) is 0 Å². The summed E-state index contributed by atoms with van der Waals surface area (Å²) in [7, 11) is 4.14. The average molecular weight is 266 g/mol. The van der Waals surface area contributed by atoms with E-state index in [1.807, 2.05) is 30.5 Å². The molecule has 1 aromatic carbocycles. The zero-order valence-corrected chi connectivity index (χ0v) is 11.8. The Morgan fingerprint density at radius 2 is 2.00 bits per heavy atom. The molecule has 0 aliphatic rings. The zero-order valence-electron chi connectivity index (χ0n) is 11.8. The largest absolute Gasteiger partial charge is 0.345 e. The highest BCUT2D eigenvalue weighted by molar-refractivity contribution is 5.78. The Kier molecular flexibility index (Phi) is 3.37. The average Bonchev–Trinajstić information content (AvgIpc) is 2.84. The van der Waals surface area contributed by atoms with Gasteiger partial charge in [0.25, 0.3) is 0 Å². The van der Waals surface area contributed by atoms with E-state index in [0.717, 1.165) is 29.9 Å². The van der Waals surface area contributed by atoms with Crippen LogP contribution in [-0.2, 0) is 13.5 Å². The monoisotopic (exact) mass is 266 g/mol. The van der Waals surface area contributed by atoms with E-state index >= 15 is 0 Å². The lowest BCUT2D eigenvalue weighted by atomic mass is 10.2. The molecule has 2 aromatic heterocycles. The number of aryl methyl sites for hydroxylation is 1. The van der Waals surface area contributed by atoms with Crippen molar-refractivity contribution < 1.29 is 0 Å². The first-order valence-corrected chi connectivity index (χ1v) is 6.77. The molecule has 0 amide bonds. The Labute approximate surface area is 118 Å². The van der Waals surface area contributed by atoms with Gasteiger partial charge in [-0.3, -0.25) is 4.98 Å². The Morgan fingerprint density at radius 3 is 2.75 bits per heavy atom. The fraction of sp³-hybridized carbons (Fsp3) is 0.250. The van der Waals surface area contributed by atoms with Crippen LogP contribution in [-0.4, -0.2) is 28.1 Å². The smallest absolute Gasteiger partial charge is 0.206 e. The predicted molar refractivity (Wildman–Crippen MR) is 81.9 cm³/mol. The van der Waals surface area contributed by atoms with E-state index in [4.69, 9.17) is 4.98 Å². The lowest BCUT2D eigenvalue weighted by Gasteiger charge is -2.18. The van der Waals surface area contributed by atoms with Crippen molar-refractivity contribution in [2.45, 2.75) is 6.42 Å². The summed E-state index contributed by atoms with van der Waals surface area (Å²) in [5, 5.41) is 0. The molecule has 0 N–H and O–H groups in total. The van der Waals surface area contributed by atoms with Crippen molar-refractivity contribution in [1.29, 1.82) is 0 Å². The molecular formula is C16H18N4. The van der Waals surface area contributed by atoms with Gasteiger partial charge in [0.05, 0.1) is 11.0 Å². The topological polar surface area (TPSA) is 34.0 Å². The molecular weight excluding hydrogens is 248 g/mol. The fourth-order valence-corrected chi connectivity index (χ4v) is 2.42. The molecule has 0 unspecified atom stereocenters. The highest BCUT2D eigenvalue weighted by Gasteiger charge is 2.11.